The number of amides is 2. The molecule has 1 aromatic carbocycles. The molecule has 1 aliphatic heterocycles. The van der Waals surface area contributed by atoms with Gasteiger partial charge in [0.1, 0.15) is 0 Å². The van der Waals surface area contributed by atoms with E-state index in [0.29, 0.717) is 25.5 Å². The summed E-state index contributed by atoms with van der Waals surface area (Å²) >= 11 is 0. The van der Waals surface area contributed by atoms with E-state index < -0.39 is 12.1 Å². The molecular weight excluding hydrogens is 406 g/mol. The number of piperazine rings is 1. The smallest absolute Gasteiger partial charge is 0.391 e. The first-order valence-corrected chi connectivity index (χ1v) is 9.93. The molecule has 1 aliphatic rings. The highest BCUT2D eigenvalue weighted by Crippen LogP contribution is 2.21. The third kappa shape index (κ3) is 5.12. The van der Waals surface area contributed by atoms with Gasteiger partial charge in [0, 0.05) is 31.7 Å². The summed E-state index contributed by atoms with van der Waals surface area (Å²) < 4.78 is 7.28. The summed E-state index contributed by atoms with van der Waals surface area (Å²) in [6.45, 7) is 8.88. The van der Waals surface area contributed by atoms with Crippen molar-refractivity contribution in [1.29, 1.82) is 0 Å². The number of aryl methyl sites for hydroxylation is 1. The van der Waals surface area contributed by atoms with Crippen LogP contribution in [0.15, 0.2) is 36.4 Å². The zero-order chi connectivity index (χ0) is 21.1. The van der Waals surface area contributed by atoms with E-state index in [2.05, 4.69) is 5.10 Å². The van der Waals surface area contributed by atoms with Crippen LogP contribution in [0.2, 0.25) is 0 Å². The number of hydrogen-bond donors (Lipinski definition) is 1. The molecule has 1 unspecified atom stereocenters. The summed E-state index contributed by atoms with van der Waals surface area (Å²) in [7, 11) is 0. The molecule has 164 valence electrons. The molecule has 2 aromatic rings. The van der Waals surface area contributed by atoms with Crippen LogP contribution < -0.4 is 10.5 Å². The van der Waals surface area contributed by atoms with Gasteiger partial charge < -0.3 is 20.3 Å². The highest BCUT2D eigenvalue weighted by molar-refractivity contribution is 5.85. The van der Waals surface area contributed by atoms with Gasteiger partial charge in [0.2, 0.25) is 11.8 Å². The average Bonchev–Trinajstić information content (AvgIpc) is 3.07. The van der Waals surface area contributed by atoms with E-state index in [0.717, 1.165) is 11.4 Å². The number of nitrogens with two attached hydrogens (primary N) is 1. The predicted molar refractivity (Wildman–Crippen MR) is 117 cm³/mol. The highest BCUT2D eigenvalue weighted by atomic mass is 35.5. The first-order valence-electron chi connectivity index (χ1n) is 9.93. The number of benzene rings is 1. The van der Waals surface area contributed by atoms with E-state index in [9.17, 15) is 9.59 Å². The van der Waals surface area contributed by atoms with Crippen LogP contribution in [-0.2, 0) is 4.79 Å². The van der Waals surface area contributed by atoms with Gasteiger partial charge in [-0.2, -0.15) is 5.10 Å². The Balaban J connectivity index is 0.00000320. The maximum absolute atomic E-state index is 12.8. The van der Waals surface area contributed by atoms with E-state index in [-0.39, 0.29) is 30.3 Å². The highest BCUT2D eigenvalue weighted by Gasteiger charge is 2.33. The van der Waals surface area contributed by atoms with E-state index in [1.54, 1.807) is 20.5 Å². The molecule has 30 heavy (non-hydrogen) atoms. The van der Waals surface area contributed by atoms with Gasteiger partial charge in [-0.25, -0.2) is 9.48 Å². The van der Waals surface area contributed by atoms with Gasteiger partial charge in [-0.15, -0.1) is 12.4 Å². The van der Waals surface area contributed by atoms with Crippen LogP contribution in [0.25, 0.3) is 5.69 Å². The van der Waals surface area contributed by atoms with Crippen molar-refractivity contribution in [3.63, 3.8) is 0 Å². The Morgan fingerprint density at radius 3 is 2.47 bits per heavy atom. The number of carbonyl (C=O) groups excluding carboxylic acids is 2. The normalized spacial score (nSPS) is 17.5. The summed E-state index contributed by atoms with van der Waals surface area (Å²) in [5.74, 6) is 0.367. The molecule has 0 spiro atoms. The molecule has 1 aromatic heterocycles. The topological polar surface area (TPSA) is 93.7 Å². The zero-order valence-electron chi connectivity index (χ0n) is 17.8. The second-order valence-corrected chi connectivity index (χ2v) is 7.84. The van der Waals surface area contributed by atoms with Crippen LogP contribution >= 0.6 is 12.4 Å². The number of ether oxygens (including phenoxy) is 1. The van der Waals surface area contributed by atoms with Crippen LogP contribution in [0.4, 0.5) is 4.79 Å². The van der Waals surface area contributed by atoms with Gasteiger partial charge >= 0.3 is 6.09 Å². The van der Waals surface area contributed by atoms with Gasteiger partial charge in [0.15, 0.2) is 0 Å². The van der Waals surface area contributed by atoms with Gasteiger partial charge in [-0.05, 0) is 31.9 Å². The average molecular weight is 436 g/mol. The quantitative estimate of drug-likeness (QED) is 0.796. The largest absolute Gasteiger partial charge is 0.416 e. The summed E-state index contributed by atoms with van der Waals surface area (Å²) in [6.07, 6.45) is -0.449. The van der Waals surface area contributed by atoms with E-state index in [1.807, 2.05) is 58.0 Å². The number of nitrogens with zero attached hydrogens (tertiary/aromatic N) is 4. The number of para-hydroxylation sites is 1. The minimum absolute atomic E-state index is 0. The van der Waals surface area contributed by atoms with Crippen molar-refractivity contribution < 1.29 is 14.3 Å². The van der Waals surface area contributed by atoms with E-state index in [4.69, 9.17) is 10.5 Å². The molecule has 0 saturated carbocycles. The van der Waals surface area contributed by atoms with Crippen molar-refractivity contribution >= 4 is 24.4 Å². The Bertz CT molecular complexity index is 871. The summed E-state index contributed by atoms with van der Waals surface area (Å²) in [5.41, 5.74) is 7.57. The van der Waals surface area contributed by atoms with Crippen molar-refractivity contribution in [2.24, 2.45) is 11.7 Å². The maximum Gasteiger partial charge on any atom is 0.416 e. The molecule has 1 fully saturated rings. The lowest BCUT2D eigenvalue weighted by Gasteiger charge is -2.40. The third-order valence-corrected chi connectivity index (χ3v) is 5.17. The summed E-state index contributed by atoms with van der Waals surface area (Å²) in [4.78, 5) is 28.7. The van der Waals surface area contributed by atoms with Crippen LogP contribution in [-0.4, -0.2) is 63.3 Å². The van der Waals surface area contributed by atoms with Crippen LogP contribution in [0.5, 0.6) is 5.88 Å². The fraction of sp³-hybridized carbons (Fsp3) is 0.476. The van der Waals surface area contributed by atoms with Gasteiger partial charge in [-0.3, -0.25) is 4.79 Å². The second-order valence-electron chi connectivity index (χ2n) is 7.84. The van der Waals surface area contributed by atoms with Gasteiger partial charge in [0.25, 0.3) is 0 Å². The molecule has 1 saturated heterocycles. The van der Waals surface area contributed by atoms with E-state index in [1.165, 1.54) is 0 Å². The maximum atomic E-state index is 12.8. The molecule has 0 aliphatic carbocycles. The second kappa shape index (κ2) is 9.95. The number of hydrogen-bond acceptors (Lipinski definition) is 5. The van der Waals surface area contributed by atoms with Crippen molar-refractivity contribution in [3.05, 3.63) is 42.1 Å². The molecule has 2 N–H and O–H groups in total. The van der Waals surface area contributed by atoms with Crippen LogP contribution in [0.3, 0.4) is 0 Å². The van der Waals surface area contributed by atoms with Crippen molar-refractivity contribution in [3.8, 4) is 11.6 Å². The minimum Gasteiger partial charge on any atom is -0.391 e. The summed E-state index contributed by atoms with van der Waals surface area (Å²) in [6, 6.07) is 10.5. The Hall–Kier alpha value is -2.58. The molecule has 2 atom stereocenters. The van der Waals surface area contributed by atoms with Crippen molar-refractivity contribution in [1.82, 2.24) is 19.6 Å². The monoisotopic (exact) mass is 435 g/mol. The number of rotatable bonds is 4. The lowest BCUT2D eigenvalue weighted by atomic mass is 10.0. The van der Waals surface area contributed by atoms with Gasteiger partial charge in [0.05, 0.1) is 17.4 Å². The Labute approximate surface area is 183 Å². The molecule has 9 heteroatoms. The fourth-order valence-corrected chi connectivity index (χ4v) is 3.38. The first-order chi connectivity index (χ1) is 13.8. The number of aromatic nitrogens is 2. The van der Waals surface area contributed by atoms with Crippen LogP contribution in [0, 0.1) is 12.8 Å². The summed E-state index contributed by atoms with van der Waals surface area (Å²) in [5, 5.41) is 4.42. The van der Waals surface area contributed by atoms with Crippen molar-refractivity contribution in [2.75, 3.05) is 19.6 Å². The lowest BCUT2D eigenvalue weighted by molar-refractivity contribution is -0.136. The number of carbonyl (C=O) groups is 2. The first kappa shape index (κ1) is 23.7. The molecule has 3 rings (SSSR count). The Kier molecular flexibility index (Phi) is 7.86. The fourth-order valence-electron chi connectivity index (χ4n) is 3.38. The molecule has 0 radical (unpaired) electrons. The molecule has 2 heterocycles. The Morgan fingerprint density at radius 1 is 1.20 bits per heavy atom. The predicted octanol–water partition coefficient (Wildman–Crippen LogP) is 2.62. The molecule has 8 nitrogen and oxygen atoms in total. The lowest BCUT2D eigenvalue weighted by Crippen LogP contribution is -2.59. The van der Waals surface area contributed by atoms with E-state index >= 15 is 0 Å². The molecule has 2 amide bonds. The SMILES string of the molecule is Cc1cc(OC(=O)N2CCN(C(=O)C(N)C(C)C)C[C@H]2C)n(-c2ccccc2)n1.Cl. The van der Waals surface area contributed by atoms with Crippen molar-refractivity contribution in [2.45, 2.75) is 39.8 Å². The van der Waals surface area contributed by atoms with Crippen LogP contribution in [0.1, 0.15) is 26.5 Å². The standard InChI is InChI=1S/C21H29N5O3.ClH/c1-14(2)19(22)20(27)24-10-11-25(16(4)13-24)21(28)29-18-12-15(3)23-26(18)17-8-6-5-7-9-17;/h5-9,12,14,16,19H,10-11,13,22H2,1-4H3;1H/t16-,19?;/m1./s1. The Morgan fingerprint density at radius 2 is 1.87 bits per heavy atom. The zero-order valence-corrected chi connectivity index (χ0v) is 18.6. The third-order valence-electron chi connectivity index (χ3n) is 5.17. The van der Waals surface area contributed by atoms with Gasteiger partial charge in [-0.1, -0.05) is 32.0 Å². The molecule has 0 bridgehead atoms. The number of halogens is 1. The molecular formula is C21H30ClN5O3. The minimum atomic E-state index is -0.524.